The SMILES string of the molecule is OCC1CCCCN1c1ccc2nnc(-c3ccc(Cl)cc3)n2n1. The Morgan fingerprint density at radius 1 is 1.08 bits per heavy atom. The normalized spacial score (nSPS) is 18.2. The quantitative estimate of drug-likeness (QED) is 0.792. The van der Waals surface area contributed by atoms with Gasteiger partial charge < -0.3 is 10.0 Å². The third kappa shape index (κ3) is 2.72. The molecule has 124 valence electrons. The average Bonchev–Trinajstić information content (AvgIpc) is 3.05. The third-order valence-electron chi connectivity index (χ3n) is 4.48. The maximum absolute atomic E-state index is 9.64. The number of rotatable bonds is 3. The first-order valence-corrected chi connectivity index (χ1v) is 8.50. The van der Waals surface area contributed by atoms with Gasteiger partial charge in [0.15, 0.2) is 11.5 Å². The molecule has 1 aliphatic rings. The van der Waals surface area contributed by atoms with E-state index in [1.165, 1.54) is 0 Å². The Balaban J connectivity index is 1.77. The molecule has 2 aromatic heterocycles. The summed E-state index contributed by atoms with van der Waals surface area (Å²) in [5, 5.41) is 23.5. The maximum Gasteiger partial charge on any atom is 0.185 e. The Morgan fingerprint density at radius 3 is 2.71 bits per heavy atom. The number of halogens is 1. The minimum atomic E-state index is 0.124. The lowest BCUT2D eigenvalue weighted by atomic mass is 10.0. The number of nitrogens with zero attached hydrogens (tertiary/aromatic N) is 5. The van der Waals surface area contributed by atoms with Crippen LogP contribution in [0.2, 0.25) is 5.02 Å². The fourth-order valence-corrected chi connectivity index (χ4v) is 3.33. The van der Waals surface area contributed by atoms with Crippen LogP contribution in [-0.2, 0) is 0 Å². The van der Waals surface area contributed by atoms with E-state index in [0.717, 1.165) is 37.2 Å². The zero-order chi connectivity index (χ0) is 16.5. The van der Waals surface area contributed by atoms with Gasteiger partial charge in [-0.05, 0) is 55.7 Å². The number of aromatic nitrogens is 4. The summed E-state index contributed by atoms with van der Waals surface area (Å²) >= 11 is 5.96. The van der Waals surface area contributed by atoms with Crippen LogP contribution in [0.3, 0.4) is 0 Å². The van der Waals surface area contributed by atoms with Crippen LogP contribution in [0.5, 0.6) is 0 Å². The molecule has 1 saturated heterocycles. The fraction of sp³-hybridized carbons (Fsp3) is 0.353. The van der Waals surface area contributed by atoms with Gasteiger partial charge in [-0.15, -0.1) is 15.3 Å². The molecule has 0 amide bonds. The van der Waals surface area contributed by atoms with E-state index in [1.807, 2.05) is 36.4 Å². The number of aliphatic hydroxyl groups excluding tert-OH is 1. The molecule has 1 aromatic carbocycles. The molecule has 0 aliphatic carbocycles. The van der Waals surface area contributed by atoms with Crippen LogP contribution < -0.4 is 4.90 Å². The monoisotopic (exact) mass is 343 g/mol. The fourth-order valence-electron chi connectivity index (χ4n) is 3.20. The van der Waals surface area contributed by atoms with Crippen LogP contribution in [0.15, 0.2) is 36.4 Å². The van der Waals surface area contributed by atoms with E-state index in [-0.39, 0.29) is 12.6 Å². The Labute approximate surface area is 144 Å². The lowest BCUT2D eigenvalue weighted by Crippen LogP contribution is -2.42. The molecule has 0 saturated carbocycles. The van der Waals surface area contributed by atoms with Gasteiger partial charge in [0.1, 0.15) is 5.82 Å². The van der Waals surface area contributed by atoms with Crippen LogP contribution >= 0.6 is 11.6 Å². The van der Waals surface area contributed by atoms with Gasteiger partial charge in [0, 0.05) is 17.1 Å². The Kier molecular flexibility index (Phi) is 4.08. The molecular formula is C17H18ClN5O. The van der Waals surface area contributed by atoms with E-state index in [4.69, 9.17) is 16.7 Å². The molecule has 0 radical (unpaired) electrons. The highest BCUT2D eigenvalue weighted by Crippen LogP contribution is 2.25. The predicted molar refractivity (Wildman–Crippen MR) is 93.3 cm³/mol. The van der Waals surface area contributed by atoms with Gasteiger partial charge in [0.25, 0.3) is 0 Å². The standard InChI is InChI=1S/C17H18ClN5O/c18-13-6-4-12(5-7-13)17-20-19-15-8-9-16(21-23(15)17)22-10-2-1-3-14(22)11-24/h4-9,14,24H,1-3,10-11H2. The van der Waals surface area contributed by atoms with Gasteiger partial charge in [0.05, 0.1) is 12.6 Å². The van der Waals surface area contributed by atoms with E-state index in [1.54, 1.807) is 4.52 Å². The van der Waals surface area contributed by atoms with Crippen molar-refractivity contribution in [2.75, 3.05) is 18.1 Å². The summed E-state index contributed by atoms with van der Waals surface area (Å²) < 4.78 is 1.75. The van der Waals surface area contributed by atoms with Crippen molar-refractivity contribution >= 4 is 23.1 Å². The van der Waals surface area contributed by atoms with Crippen molar-refractivity contribution in [1.82, 2.24) is 19.8 Å². The highest BCUT2D eigenvalue weighted by atomic mass is 35.5. The zero-order valence-corrected chi connectivity index (χ0v) is 13.9. The Hall–Kier alpha value is -2.18. The first kappa shape index (κ1) is 15.4. The van der Waals surface area contributed by atoms with Crippen molar-refractivity contribution in [1.29, 1.82) is 0 Å². The number of aliphatic hydroxyl groups is 1. The number of benzene rings is 1. The summed E-state index contributed by atoms with van der Waals surface area (Å²) in [5.74, 6) is 1.53. The largest absolute Gasteiger partial charge is 0.394 e. The van der Waals surface area contributed by atoms with Crippen molar-refractivity contribution in [3.8, 4) is 11.4 Å². The molecule has 1 N–H and O–H groups in total. The van der Waals surface area contributed by atoms with Crippen molar-refractivity contribution in [3.63, 3.8) is 0 Å². The second-order valence-corrected chi connectivity index (χ2v) is 6.45. The zero-order valence-electron chi connectivity index (χ0n) is 13.1. The molecule has 1 atom stereocenters. The number of fused-ring (bicyclic) bond motifs is 1. The van der Waals surface area contributed by atoms with Crippen molar-refractivity contribution in [3.05, 3.63) is 41.4 Å². The smallest absolute Gasteiger partial charge is 0.185 e. The molecule has 6 nitrogen and oxygen atoms in total. The summed E-state index contributed by atoms with van der Waals surface area (Å²) in [6, 6.07) is 11.5. The van der Waals surface area contributed by atoms with E-state index < -0.39 is 0 Å². The molecule has 4 rings (SSSR count). The Bertz CT molecular complexity index is 848. The molecule has 0 bridgehead atoms. The highest BCUT2D eigenvalue weighted by molar-refractivity contribution is 6.30. The van der Waals surface area contributed by atoms with Crippen LogP contribution in [0.4, 0.5) is 5.82 Å². The van der Waals surface area contributed by atoms with E-state index in [9.17, 15) is 5.11 Å². The summed E-state index contributed by atoms with van der Waals surface area (Å²) in [7, 11) is 0. The van der Waals surface area contributed by atoms with Gasteiger partial charge in [-0.2, -0.15) is 4.52 Å². The van der Waals surface area contributed by atoms with Crippen LogP contribution in [0.1, 0.15) is 19.3 Å². The lowest BCUT2D eigenvalue weighted by Gasteiger charge is -2.35. The molecule has 3 aromatic rings. The van der Waals surface area contributed by atoms with Crippen LogP contribution in [0, 0.1) is 0 Å². The summed E-state index contributed by atoms with van der Waals surface area (Å²) in [5.41, 5.74) is 1.61. The molecule has 0 spiro atoms. The first-order valence-electron chi connectivity index (χ1n) is 8.12. The molecular weight excluding hydrogens is 326 g/mol. The molecule has 24 heavy (non-hydrogen) atoms. The predicted octanol–water partition coefficient (Wildman–Crippen LogP) is 2.80. The van der Waals surface area contributed by atoms with Gasteiger partial charge in [-0.25, -0.2) is 0 Å². The number of hydrogen-bond acceptors (Lipinski definition) is 5. The second-order valence-electron chi connectivity index (χ2n) is 6.02. The van der Waals surface area contributed by atoms with Crippen LogP contribution in [-0.4, -0.2) is 44.1 Å². The van der Waals surface area contributed by atoms with Gasteiger partial charge in [-0.1, -0.05) is 11.6 Å². The summed E-state index contributed by atoms with van der Waals surface area (Å²) in [4.78, 5) is 2.18. The molecule has 1 unspecified atom stereocenters. The summed E-state index contributed by atoms with van der Waals surface area (Å²) in [6.07, 6.45) is 3.25. The number of hydrogen-bond donors (Lipinski definition) is 1. The van der Waals surface area contributed by atoms with Crippen molar-refractivity contribution in [2.24, 2.45) is 0 Å². The van der Waals surface area contributed by atoms with E-state index in [2.05, 4.69) is 15.1 Å². The Morgan fingerprint density at radius 2 is 1.92 bits per heavy atom. The van der Waals surface area contributed by atoms with Crippen LogP contribution in [0.25, 0.3) is 17.0 Å². The number of anilines is 1. The average molecular weight is 344 g/mol. The number of piperidine rings is 1. The van der Waals surface area contributed by atoms with E-state index in [0.29, 0.717) is 16.5 Å². The van der Waals surface area contributed by atoms with Gasteiger partial charge in [-0.3, -0.25) is 0 Å². The molecule has 7 heteroatoms. The minimum Gasteiger partial charge on any atom is -0.394 e. The van der Waals surface area contributed by atoms with Gasteiger partial charge in [0.2, 0.25) is 0 Å². The maximum atomic E-state index is 9.64. The molecule has 1 aliphatic heterocycles. The topological polar surface area (TPSA) is 66.5 Å². The lowest BCUT2D eigenvalue weighted by molar-refractivity contribution is 0.239. The van der Waals surface area contributed by atoms with Crippen molar-refractivity contribution < 1.29 is 5.11 Å². The van der Waals surface area contributed by atoms with E-state index >= 15 is 0 Å². The molecule has 1 fully saturated rings. The van der Waals surface area contributed by atoms with Crippen molar-refractivity contribution in [2.45, 2.75) is 25.3 Å². The second kappa shape index (κ2) is 6.37. The summed E-state index contributed by atoms with van der Waals surface area (Å²) in [6.45, 7) is 1.05. The molecule has 3 heterocycles. The third-order valence-corrected chi connectivity index (χ3v) is 4.74. The minimum absolute atomic E-state index is 0.124. The van der Waals surface area contributed by atoms with Gasteiger partial charge >= 0.3 is 0 Å². The highest BCUT2D eigenvalue weighted by Gasteiger charge is 2.23. The first-order chi connectivity index (χ1) is 11.8.